The molecule has 0 aliphatic heterocycles. The van der Waals surface area contributed by atoms with Gasteiger partial charge in [-0.25, -0.2) is 4.98 Å². The first-order valence-electron chi connectivity index (χ1n) is 6.59. The largest absolute Gasteiger partial charge is 0.302 e. The molecule has 17 heavy (non-hydrogen) atoms. The van der Waals surface area contributed by atoms with Crippen molar-refractivity contribution in [3.63, 3.8) is 0 Å². The van der Waals surface area contributed by atoms with Crippen LogP contribution in [0.2, 0.25) is 0 Å². The maximum absolute atomic E-state index is 11.9. The third kappa shape index (κ3) is 2.51. The molecule has 2 aliphatic carbocycles. The monoisotopic (exact) mass is 250 g/mol. The molecule has 1 aromatic rings. The number of amides is 1. The van der Waals surface area contributed by atoms with Gasteiger partial charge in [0.25, 0.3) is 0 Å². The Hall–Kier alpha value is -0.900. The summed E-state index contributed by atoms with van der Waals surface area (Å²) < 4.78 is 0. The topological polar surface area (TPSA) is 42.0 Å². The van der Waals surface area contributed by atoms with Crippen molar-refractivity contribution >= 4 is 22.4 Å². The smallest absolute Gasteiger partial charge is 0.226 e. The lowest BCUT2D eigenvalue weighted by Crippen LogP contribution is -2.15. The van der Waals surface area contributed by atoms with Crippen molar-refractivity contribution in [2.45, 2.75) is 51.4 Å². The van der Waals surface area contributed by atoms with Gasteiger partial charge in [0.1, 0.15) is 0 Å². The third-order valence-electron chi connectivity index (χ3n) is 3.79. The highest BCUT2D eigenvalue weighted by Crippen LogP contribution is 2.31. The second-order valence-corrected chi connectivity index (χ2v) is 6.23. The summed E-state index contributed by atoms with van der Waals surface area (Å²) in [5, 5.41) is 3.78. The number of anilines is 1. The highest BCUT2D eigenvalue weighted by Gasteiger charge is 2.21. The van der Waals surface area contributed by atoms with Crippen LogP contribution >= 0.6 is 11.3 Å². The molecular formula is C13H18N2OS. The van der Waals surface area contributed by atoms with Gasteiger partial charge in [0.15, 0.2) is 5.13 Å². The zero-order chi connectivity index (χ0) is 11.7. The molecular weight excluding hydrogens is 232 g/mol. The minimum atomic E-state index is 0.157. The number of hydrogen-bond donors (Lipinski definition) is 1. The molecule has 1 aromatic heterocycles. The van der Waals surface area contributed by atoms with Crippen molar-refractivity contribution in [2.75, 3.05) is 5.32 Å². The summed E-state index contributed by atoms with van der Waals surface area (Å²) in [6.07, 6.45) is 9.18. The summed E-state index contributed by atoms with van der Waals surface area (Å²) >= 11 is 1.67. The molecule has 0 bridgehead atoms. The molecule has 1 amide bonds. The van der Waals surface area contributed by atoms with Gasteiger partial charge in [-0.1, -0.05) is 12.8 Å². The van der Waals surface area contributed by atoms with Crippen LogP contribution in [0.4, 0.5) is 5.13 Å². The lowest BCUT2D eigenvalue weighted by atomic mass is 10.0. The minimum absolute atomic E-state index is 0.157. The van der Waals surface area contributed by atoms with E-state index >= 15 is 0 Å². The molecule has 3 nitrogen and oxygen atoms in total. The van der Waals surface area contributed by atoms with E-state index in [4.69, 9.17) is 0 Å². The standard InChI is InChI=1S/C13H18N2OS/c16-12(8-9-4-1-2-5-9)15-13-14-10-6-3-7-11(10)17-13/h9H,1-8H2,(H,14,15,16). The van der Waals surface area contributed by atoms with Crippen LogP contribution in [0.5, 0.6) is 0 Å². The van der Waals surface area contributed by atoms with Gasteiger partial charge in [0.05, 0.1) is 5.69 Å². The van der Waals surface area contributed by atoms with Gasteiger partial charge in [0, 0.05) is 11.3 Å². The number of hydrogen-bond acceptors (Lipinski definition) is 3. The van der Waals surface area contributed by atoms with Gasteiger partial charge < -0.3 is 5.32 Å². The number of carbonyl (C=O) groups excluding carboxylic acids is 1. The quantitative estimate of drug-likeness (QED) is 0.895. The summed E-state index contributed by atoms with van der Waals surface area (Å²) in [6, 6.07) is 0. The van der Waals surface area contributed by atoms with Crippen molar-refractivity contribution in [2.24, 2.45) is 5.92 Å². The zero-order valence-corrected chi connectivity index (χ0v) is 10.8. The summed E-state index contributed by atoms with van der Waals surface area (Å²) in [5.74, 6) is 0.770. The Labute approximate surface area is 106 Å². The second-order valence-electron chi connectivity index (χ2n) is 5.15. The molecule has 3 rings (SSSR count). The zero-order valence-electron chi connectivity index (χ0n) is 10.00. The maximum atomic E-state index is 11.9. The molecule has 1 fully saturated rings. The maximum Gasteiger partial charge on any atom is 0.226 e. The van der Waals surface area contributed by atoms with E-state index in [1.54, 1.807) is 11.3 Å². The molecule has 0 spiro atoms. The highest BCUT2D eigenvalue weighted by atomic mass is 32.1. The fourth-order valence-electron chi connectivity index (χ4n) is 2.89. The average Bonchev–Trinajstić information content (AvgIpc) is 2.92. The van der Waals surface area contributed by atoms with E-state index in [2.05, 4.69) is 10.3 Å². The fraction of sp³-hybridized carbons (Fsp3) is 0.692. The Kier molecular flexibility index (Phi) is 3.14. The van der Waals surface area contributed by atoms with Crippen LogP contribution in [-0.4, -0.2) is 10.9 Å². The van der Waals surface area contributed by atoms with Gasteiger partial charge in [-0.3, -0.25) is 4.79 Å². The fourth-order valence-corrected chi connectivity index (χ4v) is 3.96. The van der Waals surface area contributed by atoms with Crippen LogP contribution in [0.1, 0.15) is 49.1 Å². The van der Waals surface area contributed by atoms with E-state index in [-0.39, 0.29) is 5.91 Å². The normalized spacial score (nSPS) is 19.5. The molecule has 0 atom stereocenters. The summed E-state index contributed by atoms with van der Waals surface area (Å²) in [6.45, 7) is 0. The minimum Gasteiger partial charge on any atom is -0.302 e. The van der Waals surface area contributed by atoms with Crippen LogP contribution in [0.25, 0.3) is 0 Å². The Morgan fingerprint density at radius 3 is 2.88 bits per heavy atom. The molecule has 1 saturated carbocycles. The summed E-state index contributed by atoms with van der Waals surface area (Å²) in [7, 11) is 0. The molecule has 0 saturated heterocycles. The lowest BCUT2D eigenvalue weighted by Gasteiger charge is -2.07. The molecule has 2 aliphatic rings. The number of thiazole rings is 1. The van der Waals surface area contributed by atoms with Gasteiger partial charge in [-0.15, -0.1) is 11.3 Å². The Morgan fingerprint density at radius 1 is 1.29 bits per heavy atom. The number of aryl methyl sites for hydroxylation is 2. The molecule has 0 aromatic carbocycles. The summed E-state index contributed by atoms with van der Waals surface area (Å²) in [4.78, 5) is 17.7. The lowest BCUT2D eigenvalue weighted by molar-refractivity contribution is -0.117. The van der Waals surface area contributed by atoms with Crippen molar-refractivity contribution in [3.8, 4) is 0 Å². The highest BCUT2D eigenvalue weighted by molar-refractivity contribution is 7.15. The van der Waals surface area contributed by atoms with Crippen molar-refractivity contribution in [1.29, 1.82) is 0 Å². The van der Waals surface area contributed by atoms with Gasteiger partial charge >= 0.3 is 0 Å². The van der Waals surface area contributed by atoms with Crippen LogP contribution in [-0.2, 0) is 17.6 Å². The second kappa shape index (κ2) is 4.77. The number of rotatable bonds is 3. The van der Waals surface area contributed by atoms with E-state index in [0.29, 0.717) is 12.3 Å². The van der Waals surface area contributed by atoms with Crippen LogP contribution in [0, 0.1) is 5.92 Å². The molecule has 0 radical (unpaired) electrons. The Bertz CT molecular complexity index is 400. The predicted octanol–water partition coefficient (Wildman–Crippen LogP) is 3.15. The van der Waals surface area contributed by atoms with E-state index in [9.17, 15) is 4.79 Å². The first-order valence-corrected chi connectivity index (χ1v) is 7.41. The van der Waals surface area contributed by atoms with Crippen molar-refractivity contribution < 1.29 is 4.79 Å². The SMILES string of the molecule is O=C(CC1CCCC1)Nc1nc2c(s1)CCC2. The van der Waals surface area contributed by atoms with Gasteiger partial charge in [0.2, 0.25) is 5.91 Å². The van der Waals surface area contributed by atoms with Crippen LogP contribution in [0.15, 0.2) is 0 Å². The van der Waals surface area contributed by atoms with Crippen molar-refractivity contribution in [3.05, 3.63) is 10.6 Å². The van der Waals surface area contributed by atoms with E-state index < -0.39 is 0 Å². The Morgan fingerprint density at radius 2 is 2.12 bits per heavy atom. The van der Waals surface area contributed by atoms with Crippen molar-refractivity contribution in [1.82, 2.24) is 4.98 Å². The first kappa shape index (κ1) is 11.2. The van der Waals surface area contributed by atoms with E-state index in [1.807, 2.05) is 0 Å². The number of fused-ring (bicyclic) bond motifs is 1. The van der Waals surface area contributed by atoms with Crippen LogP contribution in [0.3, 0.4) is 0 Å². The molecule has 92 valence electrons. The molecule has 1 N–H and O–H groups in total. The molecule has 4 heteroatoms. The molecule has 1 heterocycles. The first-order chi connectivity index (χ1) is 8.31. The third-order valence-corrected chi connectivity index (χ3v) is 4.86. The number of aromatic nitrogens is 1. The number of nitrogens with zero attached hydrogens (tertiary/aromatic N) is 1. The summed E-state index contributed by atoms with van der Waals surface area (Å²) in [5.41, 5.74) is 1.21. The molecule has 0 unspecified atom stereocenters. The van der Waals surface area contributed by atoms with E-state index in [0.717, 1.165) is 18.0 Å². The number of nitrogens with one attached hydrogen (secondary N) is 1. The van der Waals surface area contributed by atoms with Crippen LogP contribution < -0.4 is 5.32 Å². The van der Waals surface area contributed by atoms with E-state index in [1.165, 1.54) is 42.7 Å². The van der Waals surface area contributed by atoms with Gasteiger partial charge in [-0.2, -0.15) is 0 Å². The average molecular weight is 250 g/mol. The predicted molar refractivity (Wildman–Crippen MR) is 69.3 cm³/mol. The Balaban J connectivity index is 1.56. The van der Waals surface area contributed by atoms with Gasteiger partial charge in [-0.05, 0) is 38.0 Å². The number of carbonyl (C=O) groups is 1.